The molecular formula is C28H39N4O2P. The fraction of sp³-hybridized carbons (Fsp3) is 0.607. The van der Waals surface area contributed by atoms with Crippen LogP contribution in [0.5, 0.6) is 0 Å². The van der Waals surface area contributed by atoms with Crippen molar-refractivity contribution in [2.24, 2.45) is 5.92 Å². The molecule has 5 rings (SSSR count). The summed E-state index contributed by atoms with van der Waals surface area (Å²) in [7, 11) is 3.07. The molecule has 7 heteroatoms. The Balaban J connectivity index is 1.13. The molecule has 1 aliphatic carbocycles. The van der Waals surface area contributed by atoms with Crippen molar-refractivity contribution in [3.63, 3.8) is 0 Å². The van der Waals surface area contributed by atoms with E-state index in [9.17, 15) is 9.90 Å². The quantitative estimate of drug-likeness (QED) is 0.349. The van der Waals surface area contributed by atoms with E-state index < -0.39 is 12.0 Å². The van der Waals surface area contributed by atoms with Crippen LogP contribution in [-0.4, -0.2) is 51.2 Å². The van der Waals surface area contributed by atoms with Gasteiger partial charge in [-0.3, -0.25) is 14.7 Å². The van der Waals surface area contributed by atoms with Gasteiger partial charge in [-0.1, -0.05) is 25.0 Å². The fourth-order valence-electron chi connectivity index (χ4n) is 6.00. The molecule has 2 aliphatic heterocycles. The number of rotatable bonds is 10. The molecule has 4 atom stereocenters. The van der Waals surface area contributed by atoms with Crippen molar-refractivity contribution in [3.05, 3.63) is 53.0 Å². The zero-order chi connectivity index (χ0) is 24.2. The van der Waals surface area contributed by atoms with Crippen LogP contribution >= 0.6 is 9.24 Å². The van der Waals surface area contributed by atoms with Crippen LogP contribution in [0, 0.1) is 5.92 Å². The van der Waals surface area contributed by atoms with E-state index in [0.717, 1.165) is 81.7 Å². The van der Waals surface area contributed by atoms with Crippen molar-refractivity contribution in [1.82, 2.24) is 14.9 Å². The SMILES string of the molecule is O=C(O)[C@H](c1cccnc1C1CCC1)N1CCC([C@H](P)CCCCc2ccc3c(n2)NCCC3)C1. The van der Waals surface area contributed by atoms with Crippen molar-refractivity contribution in [2.75, 3.05) is 25.0 Å². The second-order valence-electron chi connectivity index (χ2n) is 10.6. The molecule has 2 aromatic rings. The molecule has 2 N–H and O–H groups in total. The summed E-state index contributed by atoms with van der Waals surface area (Å²) in [5, 5.41) is 13.6. The zero-order valence-electron chi connectivity index (χ0n) is 20.7. The Morgan fingerprint density at radius 2 is 2.09 bits per heavy atom. The molecule has 4 heterocycles. The highest BCUT2D eigenvalue weighted by Crippen LogP contribution is 2.41. The molecule has 2 fully saturated rings. The second kappa shape index (κ2) is 11.3. The normalized spacial score (nSPS) is 22.1. The number of carboxylic acids is 1. The lowest BCUT2D eigenvalue weighted by atomic mass is 9.80. The molecule has 0 radical (unpaired) electrons. The lowest BCUT2D eigenvalue weighted by Gasteiger charge is -2.31. The van der Waals surface area contributed by atoms with Crippen molar-refractivity contribution >= 4 is 21.0 Å². The van der Waals surface area contributed by atoms with Gasteiger partial charge in [-0.25, -0.2) is 4.98 Å². The van der Waals surface area contributed by atoms with E-state index >= 15 is 0 Å². The number of pyridine rings is 2. The average Bonchev–Trinajstić information content (AvgIpc) is 3.31. The highest BCUT2D eigenvalue weighted by Gasteiger charge is 2.38. The Labute approximate surface area is 211 Å². The summed E-state index contributed by atoms with van der Waals surface area (Å²) >= 11 is 0. The van der Waals surface area contributed by atoms with Crippen molar-refractivity contribution < 1.29 is 9.90 Å². The summed E-state index contributed by atoms with van der Waals surface area (Å²) in [6.45, 7) is 2.72. The van der Waals surface area contributed by atoms with Crippen molar-refractivity contribution in [2.45, 2.75) is 81.8 Å². The molecule has 0 spiro atoms. The number of nitrogens with zero attached hydrogens (tertiary/aromatic N) is 3. The van der Waals surface area contributed by atoms with E-state index in [1.54, 1.807) is 0 Å². The van der Waals surface area contributed by atoms with Gasteiger partial charge in [0.15, 0.2) is 0 Å². The van der Waals surface area contributed by atoms with Crippen molar-refractivity contribution in [1.29, 1.82) is 0 Å². The highest BCUT2D eigenvalue weighted by molar-refractivity contribution is 7.17. The van der Waals surface area contributed by atoms with Gasteiger partial charge < -0.3 is 10.4 Å². The number of anilines is 1. The number of hydrogen-bond acceptors (Lipinski definition) is 5. The van der Waals surface area contributed by atoms with Gasteiger partial charge in [0, 0.05) is 42.2 Å². The maximum atomic E-state index is 12.4. The van der Waals surface area contributed by atoms with Crippen LogP contribution in [0.2, 0.25) is 0 Å². The largest absolute Gasteiger partial charge is 0.480 e. The van der Waals surface area contributed by atoms with Crippen LogP contribution in [0.25, 0.3) is 0 Å². The third kappa shape index (κ3) is 5.70. The van der Waals surface area contributed by atoms with E-state index in [0.29, 0.717) is 17.5 Å². The summed E-state index contributed by atoms with van der Waals surface area (Å²) in [4.78, 5) is 24.0. The van der Waals surface area contributed by atoms with Gasteiger partial charge in [-0.2, -0.15) is 0 Å². The van der Waals surface area contributed by atoms with Crippen LogP contribution in [0.4, 0.5) is 5.82 Å². The van der Waals surface area contributed by atoms with Gasteiger partial charge >= 0.3 is 5.97 Å². The predicted molar refractivity (Wildman–Crippen MR) is 143 cm³/mol. The first kappa shape index (κ1) is 24.6. The second-order valence-corrected chi connectivity index (χ2v) is 11.5. The maximum absolute atomic E-state index is 12.4. The van der Waals surface area contributed by atoms with E-state index in [-0.39, 0.29) is 0 Å². The topological polar surface area (TPSA) is 78.3 Å². The Hall–Kier alpha value is -2.04. The molecular weight excluding hydrogens is 455 g/mol. The fourth-order valence-corrected chi connectivity index (χ4v) is 6.55. The standard InChI is InChI=1S/C28H39N4O2P/c33-28(34)26(23-10-5-15-29-25(23)19-6-3-7-19)32-17-14-21(18-32)24(35)11-2-1-9-22-13-12-20-8-4-16-30-27(20)31-22/h5,10,12-13,15,19,21,24,26H,1-4,6-9,11,14,16-18,35H2,(H,30,31)(H,33,34)/t21?,24-,26+/m1/s1. The van der Waals surface area contributed by atoms with E-state index in [1.165, 1.54) is 30.5 Å². The molecule has 0 bridgehead atoms. The van der Waals surface area contributed by atoms with Crippen molar-refractivity contribution in [3.8, 4) is 0 Å². The molecule has 6 nitrogen and oxygen atoms in total. The zero-order valence-corrected chi connectivity index (χ0v) is 21.8. The van der Waals surface area contributed by atoms with E-state index in [1.807, 2.05) is 18.3 Å². The average molecular weight is 495 g/mol. The lowest BCUT2D eigenvalue weighted by Crippen LogP contribution is -2.34. The number of carboxylic acid groups (broad SMARTS) is 1. The first-order chi connectivity index (χ1) is 17.1. The van der Waals surface area contributed by atoms with Gasteiger partial charge in [0.2, 0.25) is 0 Å². The molecule has 1 saturated heterocycles. The minimum atomic E-state index is -0.744. The molecule has 2 aromatic heterocycles. The van der Waals surface area contributed by atoms with Gasteiger partial charge in [0.25, 0.3) is 0 Å². The molecule has 188 valence electrons. The van der Waals surface area contributed by atoms with Crippen LogP contribution in [0.3, 0.4) is 0 Å². The van der Waals surface area contributed by atoms with E-state index in [2.05, 4.69) is 36.6 Å². The number of likely N-dealkylation sites (tertiary alicyclic amines) is 1. The maximum Gasteiger partial charge on any atom is 0.325 e. The van der Waals surface area contributed by atoms with Gasteiger partial charge in [-0.15, -0.1) is 9.24 Å². The number of aliphatic carboxylic acids is 1. The number of aromatic nitrogens is 2. The summed E-state index contributed by atoms with van der Waals surface area (Å²) in [6.07, 6.45) is 13.2. The Kier molecular flexibility index (Phi) is 7.99. The molecule has 0 amide bonds. The third-order valence-electron chi connectivity index (χ3n) is 8.29. The molecule has 1 saturated carbocycles. The lowest BCUT2D eigenvalue weighted by molar-refractivity contribution is -0.143. The summed E-state index contributed by atoms with van der Waals surface area (Å²) in [6, 6.07) is 7.75. The van der Waals surface area contributed by atoms with Crippen LogP contribution in [-0.2, 0) is 17.6 Å². The molecule has 3 aliphatic rings. The molecule has 2 unspecified atom stereocenters. The van der Waals surface area contributed by atoms with E-state index in [4.69, 9.17) is 4.98 Å². The summed E-state index contributed by atoms with van der Waals surface area (Å²) in [5.41, 5.74) is 4.99. The number of hydrogen-bond donors (Lipinski definition) is 2. The number of carbonyl (C=O) groups is 1. The van der Waals surface area contributed by atoms with Gasteiger partial charge in [0.1, 0.15) is 11.9 Å². The van der Waals surface area contributed by atoms with Crippen LogP contribution in [0.1, 0.15) is 85.8 Å². The number of unbranched alkanes of at least 4 members (excludes halogenated alkanes) is 1. The number of aryl methyl sites for hydroxylation is 2. The van der Waals surface area contributed by atoms with Gasteiger partial charge in [-0.05, 0) is 87.2 Å². The van der Waals surface area contributed by atoms with Crippen LogP contribution in [0.15, 0.2) is 30.5 Å². The first-order valence-corrected chi connectivity index (χ1v) is 14.2. The summed E-state index contributed by atoms with van der Waals surface area (Å²) < 4.78 is 0. The first-order valence-electron chi connectivity index (χ1n) is 13.5. The molecule has 35 heavy (non-hydrogen) atoms. The Bertz CT molecular complexity index is 1030. The Morgan fingerprint density at radius 3 is 2.89 bits per heavy atom. The minimum Gasteiger partial charge on any atom is -0.480 e. The summed E-state index contributed by atoms with van der Waals surface area (Å²) in [5.74, 6) is 1.30. The number of fused-ring (bicyclic) bond motifs is 1. The van der Waals surface area contributed by atoms with Gasteiger partial charge in [0.05, 0.1) is 0 Å². The monoisotopic (exact) mass is 494 g/mol. The predicted octanol–water partition coefficient (Wildman–Crippen LogP) is 5.21. The Morgan fingerprint density at radius 1 is 1.20 bits per heavy atom. The minimum absolute atomic E-state index is 0.432. The third-order valence-corrected chi connectivity index (χ3v) is 9.17. The highest BCUT2D eigenvalue weighted by atomic mass is 31.0. The molecule has 0 aromatic carbocycles. The number of nitrogens with one attached hydrogen (secondary N) is 1. The smallest absolute Gasteiger partial charge is 0.325 e. The van der Waals surface area contributed by atoms with Crippen LogP contribution < -0.4 is 5.32 Å².